The van der Waals surface area contributed by atoms with E-state index in [0.29, 0.717) is 13.2 Å². The van der Waals surface area contributed by atoms with Gasteiger partial charge in [0.05, 0.1) is 19.8 Å². The van der Waals surface area contributed by atoms with Gasteiger partial charge in [0.25, 0.3) is 0 Å². The molecule has 0 amide bonds. The topological polar surface area (TPSA) is 50.7 Å². The zero-order valence-corrected chi connectivity index (χ0v) is 12.1. The van der Waals surface area contributed by atoms with Crippen LogP contribution in [0, 0.1) is 0 Å². The van der Waals surface area contributed by atoms with E-state index in [0.717, 1.165) is 24.3 Å². The smallest absolute Gasteiger partial charge is 0.119 e. The molecule has 0 fully saturated rings. The average Bonchev–Trinajstić information content (AvgIpc) is 2.40. The number of aliphatic hydroxyl groups is 1. The first-order chi connectivity index (χ1) is 9.13. The number of likely N-dealkylation sites (N-methyl/N-ethyl adjacent to an activating group) is 1. The van der Waals surface area contributed by atoms with Crippen LogP contribution in [-0.2, 0) is 11.3 Å². The van der Waals surface area contributed by atoms with Crippen LogP contribution in [0.3, 0.4) is 0 Å². The fourth-order valence-corrected chi connectivity index (χ4v) is 1.94. The lowest BCUT2D eigenvalue weighted by molar-refractivity contribution is 0.145. The van der Waals surface area contributed by atoms with Gasteiger partial charge in [-0.05, 0) is 31.2 Å². The molecule has 4 nitrogen and oxygen atoms in total. The molecule has 0 heterocycles. The number of rotatable bonds is 9. The third-order valence-corrected chi connectivity index (χ3v) is 3.08. The molecule has 1 unspecified atom stereocenters. The van der Waals surface area contributed by atoms with Gasteiger partial charge in [-0.25, -0.2) is 0 Å². The molecule has 1 atom stereocenters. The van der Waals surface area contributed by atoms with Gasteiger partial charge in [-0.1, -0.05) is 19.1 Å². The van der Waals surface area contributed by atoms with Crippen LogP contribution in [0.4, 0.5) is 0 Å². The first-order valence-electron chi connectivity index (χ1n) is 6.70. The monoisotopic (exact) mass is 267 g/mol. The molecular formula is C15H25NO3. The molecule has 0 saturated carbocycles. The van der Waals surface area contributed by atoms with Crippen molar-refractivity contribution >= 4 is 0 Å². The van der Waals surface area contributed by atoms with E-state index in [9.17, 15) is 5.11 Å². The third-order valence-electron chi connectivity index (χ3n) is 3.08. The summed E-state index contributed by atoms with van der Waals surface area (Å²) in [5.74, 6) is 0.839. The Morgan fingerprint density at radius 3 is 2.79 bits per heavy atom. The second kappa shape index (κ2) is 8.15. The van der Waals surface area contributed by atoms with Crippen LogP contribution >= 0.6 is 0 Å². The van der Waals surface area contributed by atoms with E-state index >= 15 is 0 Å². The second-order valence-electron chi connectivity index (χ2n) is 4.93. The Morgan fingerprint density at radius 2 is 2.16 bits per heavy atom. The molecule has 19 heavy (non-hydrogen) atoms. The van der Waals surface area contributed by atoms with Gasteiger partial charge in [-0.3, -0.25) is 0 Å². The molecule has 0 aromatic heterocycles. The Hall–Kier alpha value is -1.10. The lowest BCUT2D eigenvalue weighted by atomic mass is 10.00. The number of nitrogens with one attached hydrogen (secondary N) is 1. The Kier molecular flexibility index (Phi) is 6.84. The number of aliphatic hydroxyl groups excluding tert-OH is 1. The highest BCUT2D eigenvalue weighted by Gasteiger charge is 2.21. The molecule has 1 aromatic rings. The lowest BCUT2D eigenvalue weighted by Gasteiger charge is -2.28. The Labute approximate surface area is 115 Å². The van der Waals surface area contributed by atoms with Crippen LogP contribution in [-0.4, -0.2) is 37.5 Å². The SMILES string of the molecule is CCNC(C)(CO)CCOc1cccc(COC)c1. The average molecular weight is 267 g/mol. The van der Waals surface area contributed by atoms with Crippen molar-refractivity contribution in [2.45, 2.75) is 32.4 Å². The van der Waals surface area contributed by atoms with Gasteiger partial charge in [-0.2, -0.15) is 0 Å². The largest absolute Gasteiger partial charge is 0.494 e. The Balaban J connectivity index is 2.45. The van der Waals surface area contributed by atoms with E-state index in [-0.39, 0.29) is 12.1 Å². The number of methoxy groups -OCH3 is 1. The Morgan fingerprint density at radius 1 is 1.37 bits per heavy atom. The fourth-order valence-electron chi connectivity index (χ4n) is 1.94. The number of ether oxygens (including phenoxy) is 2. The van der Waals surface area contributed by atoms with Gasteiger partial charge in [0.1, 0.15) is 5.75 Å². The molecule has 4 heteroatoms. The summed E-state index contributed by atoms with van der Waals surface area (Å²) in [5.41, 5.74) is 0.815. The van der Waals surface area contributed by atoms with Crippen molar-refractivity contribution in [1.82, 2.24) is 5.32 Å². The highest BCUT2D eigenvalue weighted by molar-refractivity contribution is 5.28. The van der Waals surface area contributed by atoms with Crippen molar-refractivity contribution in [2.24, 2.45) is 0 Å². The van der Waals surface area contributed by atoms with Crippen LogP contribution in [0.1, 0.15) is 25.8 Å². The number of hydrogen-bond acceptors (Lipinski definition) is 4. The molecule has 0 radical (unpaired) electrons. The van der Waals surface area contributed by atoms with E-state index in [2.05, 4.69) is 5.32 Å². The normalized spacial score (nSPS) is 14.1. The molecule has 0 saturated heterocycles. The second-order valence-corrected chi connectivity index (χ2v) is 4.93. The highest BCUT2D eigenvalue weighted by atomic mass is 16.5. The third kappa shape index (κ3) is 5.59. The maximum absolute atomic E-state index is 9.39. The van der Waals surface area contributed by atoms with Gasteiger partial charge < -0.3 is 19.9 Å². The van der Waals surface area contributed by atoms with Gasteiger partial charge in [0.15, 0.2) is 0 Å². The van der Waals surface area contributed by atoms with Crippen molar-refractivity contribution in [2.75, 3.05) is 26.9 Å². The summed E-state index contributed by atoms with van der Waals surface area (Å²) < 4.78 is 10.8. The van der Waals surface area contributed by atoms with Crippen LogP contribution in [0.2, 0.25) is 0 Å². The molecule has 0 aliphatic heterocycles. The van der Waals surface area contributed by atoms with E-state index in [4.69, 9.17) is 9.47 Å². The molecule has 1 aromatic carbocycles. The van der Waals surface area contributed by atoms with Gasteiger partial charge in [0.2, 0.25) is 0 Å². The quantitative estimate of drug-likeness (QED) is 0.718. The fraction of sp³-hybridized carbons (Fsp3) is 0.600. The van der Waals surface area contributed by atoms with Crippen LogP contribution in [0.15, 0.2) is 24.3 Å². The van der Waals surface area contributed by atoms with Gasteiger partial charge in [0, 0.05) is 19.1 Å². The standard InChI is InChI=1S/C15H25NO3/c1-4-16-15(2,12-17)8-9-19-14-7-5-6-13(10-14)11-18-3/h5-7,10,16-17H,4,8-9,11-12H2,1-3H3. The molecule has 0 aliphatic carbocycles. The first-order valence-corrected chi connectivity index (χ1v) is 6.70. The summed E-state index contributed by atoms with van der Waals surface area (Å²) in [6, 6.07) is 7.88. The summed E-state index contributed by atoms with van der Waals surface area (Å²) in [7, 11) is 1.68. The molecular weight excluding hydrogens is 242 g/mol. The van der Waals surface area contributed by atoms with E-state index in [1.54, 1.807) is 7.11 Å². The Bertz CT molecular complexity index is 370. The minimum atomic E-state index is -0.279. The van der Waals surface area contributed by atoms with Crippen LogP contribution < -0.4 is 10.1 Å². The predicted octanol–water partition coefficient (Wildman–Crippen LogP) is 1.96. The van der Waals surface area contributed by atoms with Crippen molar-refractivity contribution in [1.29, 1.82) is 0 Å². The van der Waals surface area contributed by atoms with Crippen molar-refractivity contribution in [3.63, 3.8) is 0 Å². The van der Waals surface area contributed by atoms with E-state index in [1.807, 2.05) is 38.1 Å². The maximum Gasteiger partial charge on any atom is 0.119 e. The zero-order valence-electron chi connectivity index (χ0n) is 12.1. The summed E-state index contributed by atoms with van der Waals surface area (Å²) in [5, 5.41) is 12.7. The van der Waals surface area contributed by atoms with E-state index < -0.39 is 0 Å². The molecule has 108 valence electrons. The summed E-state index contributed by atoms with van der Waals surface area (Å²) in [4.78, 5) is 0. The summed E-state index contributed by atoms with van der Waals surface area (Å²) in [6.45, 7) is 6.13. The highest BCUT2D eigenvalue weighted by Crippen LogP contribution is 2.16. The minimum Gasteiger partial charge on any atom is -0.494 e. The summed E-state index contributed by atoms with van der Waals surface area (Å²) >= 11 is 0. The molecule has 0 spiro atoms. The van der Waals surface area contributed by atoms with Gasteiger partial charge in [-0.15, -0.1) is 0 Å². The molecule has 0 bridgehead atoms. The number of hydrogen-bond donors (Lipinski definition) is 2. The minimum absolute atomic E-state index is 0.105. The number of benzene rings is 1. The molecule has 0 aliphatic rings. The van der Waals surface area contributed by atoms with Crippen molar-refractivity contribution in [3.05, 3.63) is 29.8 Å². The maximum atomic E-state index is 9.39. The first kappa shape index (κ1) is 16.0. The lowest BCUT2D eigenvalue weighted by Crippen LogP contribution is -2.46. The zero-order chi connectivity index (χ0) is 14.1. The van der Waals surface area contributed by atoms with Crippen LogP contribution in [0.5, 0.6) is 5.75 Å². The molecule has 1 rings (SSSR count). The van der Waals surface area contributed by atoms with Crippen molar-refractivity contribution < 1.29 is 14.6 Å². The van der Waals surface area contributed by atoms with E-state index in [1.165, 1.54) is 0 Å². The van der Waals surface area contributed by atoms with Crippen molar-refractivity contribution in [3.8, 4) is 5.75 Å². The predicted molar refractivity (Wildman–Crippen MR) is 76.4 cm³/mol. The molecule has 2 N–H and O–H groups in total. The summed E-state index contributed by atoms with van der Waals surface area (Å²) in [6.07, 6.45) is 0.756. The van der Waals surface area contributed by atoms with Gasteiger partial charge >= 0.3 is 0 Å². The van der Waals surface area contributed by atoms with Crippen LogP contribution in [0.25, 0.3) is 0 Å².